The number of pyridine rings is 1. The Morgan fingerprint density at radius 2 is 2.00 bits per heavy atom. The minimum Gasteiger partial charge on any atom is -0.444 e. The molecule has 0 bridgehead atoms. The summed E-state index contributed by atoms with van der Waals surface area (Å²) in [4.78, 5) is 41.6. The molecule has 26 heavy (non-hydrogen) atoms. The second kappa shape index (κ2) is 7.19. The van der Waals surface area contributed by atoms with Crippen LogP contribution in [0.3, 0.4) is 0 Å². The fourth-order valence-electron chi connectivity index (χ4n) is 2.15. The van der Waals surface area contributed by atoms with Gasteiger partial charge in [0.1, 0.15) is 23.5 Å². The maximum Gasteiger partial charge on any atom is 0.410 e. The molecule has 0 spiro atoms. The molecule has 2 atom stereocenters. The topological polar surface area (TPSA) is 113 Å². The summed E-state index contributed by atoms with van der Waals surface area (Å²) in [5.74, 6) is 0.236. The van der Waals surface area contributed by atoms with Crippen molar-refractivity contribution in [2.45, 2.75) is 52.3 Å². The van der Waals surface area contributed by atoms with Gasteiger partial charge in [0.05, 0.1) is 5.69 Å². The number of nitrogens with one attached hydrogen (secondary N) is 3. The summed E-state index contributed by atoms with van der Waals surface area (Å²) >= 11 is 0. The van der Waals surface area contributed by atoms with Crippen LogP contribution in [0.15, 0.2) is 12.1 Å². The molecule has 2 heterocycles. The Morgan fingerprint density at radius 1 is 1.35 bits per heavy atom. The van der Waals surface area contributed by atoms with E-state index in [2.05, 4.69) is 20.9 Å². The molecule has 9 heteroatoms. The molecule has 0 unspecified atom stereocenters. The number of carbonyl (C=O) groups is 3. The lowest BCUT2D eigenvalue weighted by molar-refractivity contribution is -0.120. The third-order valence-corrected chi connectivity index (χ3v) is 3.79. The number of anilines is 3. The van der Waals surface area contributed by atoms with Crippen molar-refractivity contribution >= 4 is 35.2 Å². The van der Waals surface area contributed by atoms with Crippen LogP contribution in [-0.4, -0.2) is 52.5 Å². The third kappa shape index (κ3) is 4.62. The minimum atomic E-state index is -0.755. The first-order valence-corrected chi connectivity index (χ1v) is 8.33. The number of nitrogens with zero attached hydrogens (tertiary/aromatic N) is 2. The standard InChI is InChI=1S/C17H25N5O4/c1-9-14(23)19-11-7-8-12(20-13(11)18-9)21-15(24)10(2)22(6)16(25)26-17(3,4)5/h7-10H,1-6H3,(H,19,23)(H2,18,20,21,24)/t9-,10-/m0/s1. The molecule has 0 aromatic carbocycles. The second-order valence-electron chi connectivity index (χ2n) is 7.20. The molecule has 1 aromatic heterocycles. The van der Waals surface area contributed by atoms with E-state index in [4.69, 9.17) is 4.74 Å². The Morgan fingerprint density at radius 3 is 2.62 bits per heavy atom. The van der Waals surface area contributed by atoms with Gasteiger partial charge < -0.3 is 20.7 Å². The summed E-state index contributed by atoms with van der Waals surface area (Å²) < 4.78 is 5.26. The van der Waals surface area contributed by atoms with Gasteiger partial charge in [-0.25, -0.2) is 9.78 Å². The molecule has 1 aliphatic heterocycles. The van der Waals surface area contributed by atoms with Gasteiger partial charge in [0.2, 0.25) is 11.8 Å². The highest BCUT2D eigenvalue weighted by atomic mass is 16.6. The molecule has 0 saturated carbocycles. The van der Waals surface area contributed by atoms with Gasteiger partial charge in [-0.3, -0.25) is 14.5 Å². The quantitative estimate of drug-likeness (QED) is 0.757. The van der Waals surface area contributed by atoms with Gasteiger partial charge in [-0.15, -0.1) is 0 Å². The molecular weight excluding hydrogens is 338 g/mol. The Bertz CT molecular complexity index is 728. The fourth-order valence-corrected chi connectivity index (χ4v) is 2.15. The van der Waals surface area contributed by atoms with Crippen LogP contribution in [-0.2, 0) is 14.3 Å². The number of aromatic nitrogens is 1. The monoisotopic (exact) mass is 363 g/mol. The van der Waals surface area contributed by atoms with Crippen LogP contribution < -0.4 is 16.0 Å². The molecule has 2 rings (SSSR count). The Kier molecular flexibility index (Phi) is 5.38. The van der Waals surface area contributed by atoms with E-state index in [1.807, 2.05) is 0 Å². The first-order valence-electron chi connectivity index (χ1n) is 8.33. The van der Waals surface area contributed by atoms with E-state index >= 15 is 0 Å². The molecule has 0 saturated heterocycles. The third-order valence-electron chi connectivity index (χ3n) is 3.79. The van der Waals surface area contributed by atoms with Crippen LogP contribution >= 0.6 is 0 Å². The van der Waals surface area contributed by atoms with Gasteiger partial charge in [0.25, 0.3) is 0 Å². The molecule has 1 aromatic rings. The largest absolute Gasteiger partial charge is 0.444 e. The van der Waals surface area contributed by atoms with Crippen LogP contribution in [0.1, 0.15) is 34.6 Å². The lowest BCUT2D eigenvalue weighted by Crippen LogP contribution is -2.45. The van der Waals surface area contributed by atoms with Crippen molar-refractivity contribution < 1.29 is 19.1 Å². The minimum absolute atomic E-state index is 0.149. The van der Waals surface area contributed by atoms with E-state index in [0.29, 0.717) is 17.3 Å². The summed E-state index contributed by atoms with van der Waals surface area (Å²) in [6.45, 7) is 8.58. The average Bonchev–Trinajstić information content (AvgIpc) is 2.53. The smallest absolute Gasteiger partial charge is 0.410 e. The van der Waals surface area contributed by atoms with Crippen molar-refractivity contribution in [2.75, 3.05) is 23.0 Å². The van der Waals surface area contributed by atoms with Crippen molar-refractivity contribution in [3.05, 3.63) is 12.1 Å². The summed E-state index contributed by atoms with van der Waals surface area (Å²) in [5, 5.41) is 8.35. The zero-order valence-electron chi connectivity index (χ0n) is 15.8. The predicted molar refractivity (Wildman–Crippen MR) is 98.0 cm³/mol. The molecule has 142 valence electrons. The molecule has 0 aliphatic carbocycles. The maximum atomic E-state index is 12.4. The highest BCUT2D eigenvalue weighted by Crippen LogP contribution is 2.26. The summed E-state index contributed by atoms with van der Waals surface area (Å²) in [6.07, 6.45) is -0.586. The Hall–Kier alpha value is -2.84. The Balaban J connectivity index is 2.04. The molecule has 3 N–H and O–H groups in total. The van der Waals surface area contributed by atoms with E-state index in [-0.39, 0.29) is 5.91 Å². The van der Waals surface area contributed by atoms with E-state index in [1.54, 1.807) is 46.8 Å². The van der Waals surface area contributed by atoms with Gasteiger partial charge in [0, 0.05) is 7.05 Å². The SMILES string of the molecule is C[C@@H]1Nc2nc(NC(=O)[C@H](C)N(C)C(=O)OC(C)(C)C)ccc2NC1=O. The van der Waals surface area contributed by atoms with Crippen molar-refractivity contribution in [1.82, 2.24) is 9.88 Å². The normalized spacial score (nSPS) is 17.3. The lowest BCUT2D eigenvalue weighted by atomic mass is 10.2. The predicted octanol–water partition coefficient (Wildman–Crippen LogP) is 2.03. The number of rotatable bonds is 3. The molecule has 3 amide bonds. The number of hydrogen-bond donors (Lipinski definition) is 3. The Labute approximate surface area is 152 Å². The van der Waals surface area contributed by atoms with Gasteiger partial charge in [-0.05, 0) is 46.8 Å². The molecular formula is C17H25N5O4. The number of amides is 3. The number of fused-ring (bicyclic) bond motifs is 1. The van der Waals surface area contributed by atoms with E-state index < -0.39 is 29.7 Å². The molecule has 0 radical (unpaired) electrons. The molecule has 9 nitrogen and oxygen atoms in total. The van der Waals surface area contributed by atoms with E-state index in [1.165, 1.54) is 11.9 Å². The summed E-state index contributed by atoms with van der Waals surface area (Å²) in [5.41, 5.74) is -0.0981. The maximum absolute atomic E-state index is 12.4. The summed E-state index contributed by atoms with van der Waals surface area (Å²) in [7, 11) is 1.50. The zero-order valence-corrected chi connectivity index (χ0v) is 15.8. The second-order valence-corrected chi connectivity index (χ2v) is 7.20. The van der Waals surface area contributed by atoms with Crippen LogP contribution in [0, 0.1) is 0 Å². The van der Waals surface area contributed by atoms with Gasteiger partial charge >= 0.3 is 6.09 Å². The average molecular weight is 363 g/mol. The van der Waals surface area contributed by atoms with Crippen molar-refractivity contribution in [2.24, 2.45) is 0 Å². The van der Waals surface area contributed by atoms with Gasteiger partial charge in [0.15, 0.2) is 5.82 Å². The molecule has 1 aliphatic rings. The first-order chi connectivity index (χ1) is 12.0. The lowest BCUT2D eigenvalue weighted by Gasteiger charge is -2.28. The summed E-state index contributed by atoms with van der Waals surface area (Å²) in [6, 6.07) is 2.05. The fraction of sp³-hybridized carbons (Fsp3) is 0.529. The first kappa shape index (κ1) is 19.5. The van der Waals surface area contributed by atoms with Crippen molar-refractivity contribution in [3.63, 3.8) is 0 Å². The van der Waals surface area contributed by atoms with Gasteiger partial charge in [-0.2, -0.15) is 0 Å². The highest BCUT2D eigenvalue weighted by molar-refractivity contribution is 6.02. The highest BCUT2D eigenvalue weighted by Gasteiger charge is 2.28. The molecule has 0 fully saturated rings. The van der Waals surface area contributed by atoms with E-state index in [9.17, 15) is 14.4 Å². The van der Waals surface area contributed by atoms with Crippen molar-refractivity contribution in [1.29, 1.82) is 0 Å². The number of ether oxygens (including phenoxy) is 1. The van der Waals surface area contributed by atoms with Crippen LogP contribution in [0.25, 0.3) is 0 Å². The van der Waals surface area contributed by atoms with Crippen LogP contribution in [0.5, 0.6) is 0 Å². The number of carbonyl (C=O) groups excluding carboxylic acids is 3. The number of likely N-dealkylation sites (N-methyl/N-ethyl adjacent to an activating group) is 1. The van der Waals surface area contributed by atoms with Crippen molar-refractivity contribution in [3.8, 4) is 0 Å². The van der Waals surface area contributed by atoms with Gasteiger partial charge in [-0.1, -0.05) is 0 Å². The van der Waals surface area contributed by atoms with E-state index in [0.717, 1.165) is 0 Å². The van der Waals surface area contributed by atoms with Crippen LogP contribution in [0.4, 0.5) is 22.1 Å². The van der Waals surface area contributed by atoms with Crippen LogP contribution in [0.2, 0.25) is 0 Å². The number of hydrogen-bond acceptors (Lipinski definition) is 6. The zero-order chi connectivity index (χ0) is 19.6.